The lowest BCUT2D eigenvalue weighted by atomic mass is 10.1. The molecule has 4 nitrogen and oxygen atoms in total. The molecule has 1 fully saturated rings. The highest BCUT2D eigenvalue weighted by Gasteiger charge is 2.23. The molecule has 0 radical (unpaired) electrons. The van der Waals surface area contributed by atoms with E-state index in [-0.39, 0.29) is 22.3 Å². The molecule has 1 saturated heterocycles. The second kappa shape index (κ2) is 7.24. The number of hydrogen-bond donors (Lipinski definition) is 2. The number of halogens is 3. The molecule has 1 aliphatic heterocycles. The number of benzene rings is 1. The maximum Gasteiger partial charge on any atom is 0.243 e. The number of rotatable bonds is 4. The summed E-state index contributed by atoms with van der Waals surface area (Å²) in [5, 5.41) is 3.42. The van der Waals surface area contributed by atoms with Gasteiger partial charge in [-0.15, -0.1) is 12.4 Å². The smallest absolute Gasteiger partial charge is 0.243 e. The van der Waals surface area contributed by atoms with Crippen molar-refractivity contribution in [2.24, 2.45) is 5.92 Å². The van der Waals surface area contributed by atoms with Crippen LogP contribution in [-0.2, 0) is 10.0 Å². The van der Waals surface area contributed by atoms with E-state index in [0.29, 0.717) is 16.9 Å². The van der Waals surface area contributed by atoms with E-state index in [0.717, 1.165) is 19.5 Å². The van der Waals surface area contributed by atoms with Gasteiger partial charge in [-0.2, -0.15) is 0 Å². The zero-order valence-corrected chi connectivity index (χ0v) is 14.0. The molecule has 1 unspecified atom stereocenters. The average Bonchev–Trinajstić information content (AvgIpc) is 2.78. The zero-order chi connectivity index (χ0) is 13.2. The number of nitrogens with one attached hydrogen (secondary N) is 2. The molecule has 0 spiro atoms. The first-order valence-corrected chi connectivity index (χ1v) is 8.30. The van der Waals surface area contributed by atoms with Crippen LogP contribution in [0.4, 0.5) is 0 Å². The van der Waals surface area contributed by atoms with Crippen LogP contribution in [0.25, 0.3) is 0 Å². The maximum absolute atomic E-state index is 12.2. The fourth-order valence-corrected chi connectivity index (χ4v) is 4.78. The SMILES string of the molecule is Cl.O=S(=O)(NCC1CCNC1)c1c(Cl)cccc1Br. The van der Waals surface area contributed by atoms with Gasteiger partial charge in [0.05, 0.1) is 5.02 Å². The Labute approximate surface area is 132 Å². The topological polar surface area (TPSA) is 58.2 Å². The Kier molecular flexibility index (Phi) is 6.56. The van der Waals surface area contributed by atoms with Gasteiger partial charge in [-0.1, -0.05) is 17.7 Å². The van der Waals surface area contributed by atoms with E-state index < -0.39 is 10.0 Å². The lowest BCUT2D eigenvalue weighted by Crippen LogP contribution is -2.30. The minimum absolute atomic E-state index is 0. The summed E-state index contributed by atoms with van der Waals surface area (Å²) < 4.78 is 27.5. The van der Waals surface area contributed by atoms with Crippen LogP contribution >= 0.6 is 39.9 Å². The molecule has 1 heterocycles. The quantitative estimate of drug-likeness (QED) is 0.831. The van der Waals surface area contributed by atoms with Gasteiger partial charge in [0.2, 0.25) is 10.0 Å². The van der Waals surface area contributed by atoms with Gasteiger partial charge in [-0.3, -0.25) is 0 Å². The van der Waals surface area contributed by atoms with Crippen LogP contribution in [0.15, 0.2) is 27.6 Å². The average molecular weight is 390 g/mol. The number of sulfonamides is 1. The fraction of sp³-hybridized carbons (Fsp3) is 0.455. The van der Waals surface area contributed by atoms with Crippen molar-refractivity contribution in [3.8, 4) is 0 Å². The largest absolute Gasteiger partial charge is 0.316 e. The molecule has 0 aromatic heterocycles. The minimum atomic E-state index is -3.57. The summed E-state index contributed by atoms with van der Waals surface area (Å²) in [4.78, 5) is 0.109. The van der Waals surface area contributed by atoms with Crippen LogP contribution in [0, 0.1) is 5.92 Å². The van der Waals surface area contributed by atoms with Gasteiger partial charge >= 0.3 is 0 Å². The van der Waals surface area contributed by atoms with E-state index in [1.54, 1.807) is 18.2 Å². The molecular formula is C11H15BrCl2N2O2S. The van der Waals surface area contributed by atoms with Crippen molar-refractivity contribution in [1.82, 2.24) is 10.0 Å². The summed E-state index contributed by atoms with van der Waals surface area (Å²) in [5.41, 5.74) is 0. The molecule has 108 valence electrons. The molecule has 1 aliphatic rings. The van der Waals surface area contributed by atoms with Gasteiger partial charge in [-0.25, -0.2) is 13.1 Å². The van der Waals surface area contributed by atoms with E-state index >= 15 is 0 Å². The first kappa shape index (κ1) is 17.2. The van der Waals surface area contributed by atoms with Gasteiger partial charge < -0.3 is 5.32 Å². The molecule has 0 amide bonds. The molecular weight excluding hydrogens is 375 g/mol. The van der Waals surface area contributed by atoms with Gasteiger partial charge in [0, 0.05) is 11.0 Å². The molecule has 0 bridgehead atoms. The first-order valence-electron chi connectivity index (χ1n) is 5.65. The van der Waals surface area contributed by atoms with Gasteiger partial charge in [0.25, 0.3) is 0 Å². The molecule has 1 aromatic rings. The van der Waals surface area contributed by atoms with Crippen molar-refractivity contribution in [1.29, 1.82) is 0 Å². The third-order valence-electron chi connectivity index (χ3n) is 2.91. The summed E-state index contributed by atoms with van der Waals surface area (Å²) in [5.74, 6) is 0.348. The van der Waals surface area contributed by atoms with Crippen LogP contribution in [0.3, 0.4) is 0 Å². The predicted molar refractivity (Wildman–Crippen MR) is 82.6 cm³/mol. The Morgan fingerprint density at radius 3 is 2.79 bits per heavy atom. The standard InChI is InChI=1S/C11H14BrClN2O2S.ClH/c12-9-2-1-3-10(13)11(9)18(16,17)15-7-8-4-5-14-6-8;/h1-3,8,14-15H,4-7H2;1H. The summed E-state index contributed by atoms with van der Waals surface area (Å²) in [6, 6.07) is 4.93. The summed E-state index contributed by atoms with van der Waals surface area (Å²) in [6.07, 6.45) is 0.992. The monoisotopic (exact) mass is 388 g/mol. The van der Waals surface area contributed by atoms with Gasteiger partial charge in [0.1, 0.15) is 4.90 Å². The lowest BCUT2D eigenvalue weighted by Gasteiger charge is -2.12. The predicted octanol–water partition coefficient (Wildman–Crippen LogP) is 2.41. The Balaban J connectivity index is 0.00000180. The highest BCUT2D eigenvalue weighted by molar-refractivity contribution is 9.10. The Hall–Kier alpha value is 0.150. The van der Waals surface area contributed by atoms with Crippen molar-refractivity contribution in [3.63, 3.8) is 0 Å². The maximum atomic E-state index is 12.2. The highest BCUT2D eigenvalue weighted by Crippen LogP contribution is 2.29. The van der Waals surface area contributed by atoms with E-state index in [1.807, 2.05) is 0 Å². The van der Waals surface area contributed by atoms with Crippen molar-refractivity contribution in [2.45, 2.75) is 11.3 Å². The van der Waals surface area contributed by atoms with E-state index in [9.17, 15) is 8.42 Å². The van der Waals surface area contributed by atoms with E-state index in [2.05, 4.69) is 26.0 Å². The van der Waals surface area contributed by atoms with Crippen molar-refractivity contribution in [3.05, 3.63) is 27.7 Å². The third-order valence-corrected chi connectivity index (χ3v) is 5.79. The summed E-state index contributed by atoms with van der Waals surface area (Å²) >= 11 is 9.17. The third kappa shape index (κ3) is 4.31. The lowest BCUT2D eigenvalue weighted by molar-refractivity contribution is 0.538. The molecule has 2 N–H and O–H groups in total. The molecule has 0 aliphatic carbocycles. The summed E-state index contributed by atoms with van der Waals surface area (Å²) in [7, 11) is -3.57. The molecule has 8 heteroatoms. The van der Waals surface area contributed by atoms with Crippen molar-refractivity contribution >= 4 is 50.0 Å². The first-order chi connectivity index (χ1) is 8.50. The second-order valence-electron chi connectivity index (χ2n) is 4.26. The normalized spacial score (nSPS) is 19.2. The van der Waals surface area contributed by atoms with E-state index in [4.69, 9.17) is 11.6 Å². The van der Waals surface area contributed by atoms with Gasteiger partial charge in [0.15, 0.2) is 0 Å². The molecule has 1 atom stereocenters. The molecule has 1 aromatic carbocycles. The number of hydrogen-bond acceptors (Lipinski definition) is 3. The zero-order valence-electron chi connectivity index (χ0n) is 10.0. The highest BCUT2D eigenvalue weighted by atomic mass is 79.9. The molecule has 2 rings (SSSR count). The Morgan fingerprint density at radius 2 is 2.21 bits per heavy atom. The van der Waals surface area contributed by atoms with Crippen LogP contribution in [0.5, 0.6) is 0 Å². The Bertz CT molecular complexity index is 513. The minimum Gasteiger partial charge on any atom is -0.316 e. The second-order valence-corrected chi connectivity index (χ2v) is 7.23. The summed E-state index contributed by atoms with van der Waals surface area (Å²) in [6.45, 7) is 2.24. The Morgan fingerprint density at radius 1 is 1.47 bits per heavy atom. The van der Waals surface area contributed by atoms with Crippen LogP contribution in [0.2, 0.25) is 5.02 Å². The molecule has 0 saturated carbocycles. The van der Waals surface area contributed by atoms with Gasteiger partial charge in [-0.05, 0) is 53.5 Å². The fourth-order valence-electron chi connectivity index (χ4n) is 1.93. The van der Waals surface area contributed by atoms with Crippen LogP contribution in [-0.4, -0.2) is 28.1 Å². The van der Waals surface area contributed by atoms with Crippen LogP contribution in [0.1, 0.15) is 6.42 Å². The van der Waals surface area contributed by atoms with Crippen LogP contribution < -0.4 is 10.0 Å². The van der Waals surface area contributed by atoms with Crippen molar-refractivity contribution in [2.75, 3.05) is 19.6 Å². The van der Waals surface area contributed by atoms with E-state index in [1.165, 1.54) is 0 Å². The molecule has 19 heavy (non-hydrogen) atoms. The van der Waals surface area contributed by atoms with Crippen molar-refractivity contribution < 1.29 is 8.42 Å².